The van der Waals surface area contributed by atoms with E-state index in [1.807, 2.05) is 36.2 Å². The van der Waals surface area contributed by atoms with E-state index < -0.39 is 12.0 Å². The Morgan fingerprint density at radius 1 is 1.22 bits per heavy atom. The number of hydrogen-bond acceptors (Lipinski definition) is 6. The minimum atomic E-state index is -0.421. The summed E-state index contributed by atoms with van der Waals surface area (Å²) in [5.74, 6) is 1.10. The van der Waals surface area contributed by atoms with Gasteiger partial charge in [0.2, 0.25) is 0 Å². The molecule has 0 radical (unpaired) electrons. The van der Waals surface area contributed by atoms with Gasteiger partial charge in [0.05, 0.1) is 25.3 Å². The van der Waals surface area contributed by atoms with Crippen LogP contribution in [-0.2, 0) is 9.53 Å². The summed E-state index contributed by atoms with van der Waals surface area (Å²) < 4.78 is 15.9. The molecule has 1 aliphatic rings. The van der Waals surface area contributed by atoms with Crippen LogP contribution in [0.25, 0.3) is 0 Å². The van der Waals surface area contributed by atoms with Gasteiger partial charge in [0.25, 0.3) is 0 Å². The molecule has 0 fully saturated rings. The quantitative estimate of drug-likeness (QED) is 0.635. The average Bonchev–Trinajstić information content (AvgIpc) is 2.62. The summed E-state index contributed by atoms with van der Waals surface area (Å²) in [4.78, 5) is 26.0. The Morgan fingerprint density at radius 2 is 1.89 bits per heavy atom. The van der Waals surface area contributed by atoms with Gasteiger partial charge in [-0.05, 0) is 45.2 Å². The third-order valence-electron chi connectivity index (χ3n) is 4.09. The van der Waals surface area contributed by atoms with Crippen LogP contribution in [-0.4, -0.2) is 63.4 Å². The molecule has 27 heavy (non-hydrogen) atoms. The second kappa shape index (κ2) is 9.82. The lowest BCUT2D eigenvalue weighted by Crippen LogP contribution is -2.51. The molecule has 0 saturated heterocycles. The number of benzene rings is 1. The molecule has 0 spiro atoms. The maximum absolute atomic E-state index is 12.2. The largest absolute Gasteiger partial charge is 0.497 e. The topological polar surface area (TPSA) is 89.1 Å². The van der Waals surface area contributed by atoms with Gasteiger partial charge in [-0.15, -0.1) is 0 Å². The minimum Gasteiger partial charge on any atom is -0.497 e. The standard InChI is InChI=1S/C19H27N3O5/c1-5-26-18(23)17-13(2)20-19(24)21-16(17)12-22(3)10-11-27-15-8-6-14(25-4)7-9-15/h6-9,13H,5,10-12H2,1-4H3,(H2,20,21,24). The van der Waals surface area contributed by atoms with Crippen molar-refractivity contribution in [1.29, 1.82) is 0 Å². The number of methoxy groups -OCH3 is 1. The first-order valence-electron chi connectivity index (χ1n) is 8.87. The highest BCUT2D eigenvalue weighted by atomic mass is 16.5. The Morgan fingerprint density at radius 3 is 2.52 bits per heavy atom. The second-order valence-electron chi connectivity index (χ2n) is 6.19. The summed E-state index contributed by atoms with van der Waals surface area (Å²) in [6, 6.07) is 6.62. The van der Waals surface area contributed by atoms with Crippen LogP contribution in [0.5, 0.6) is 11.5 Å². The third kappa shape index (κ3) is 5.89. The Balaban J connectivity index is 1.94. The number of carbonyl (C=O) groups is 2. The summed E-state index contributed by atoms with van der Waals surface area (Å²) in [5.41, 5.74) is 0.996. The average molecular weight is 377 g/mol. The SMILES string of the molecule is CCOC(=O)C1=C(CN(C)CCOc2ccc(OC)cc2)NC(=O)NC1C. The fraction of sp³-hybridized carbons (Fsp3) is 0.474. The molecule has 2 rings (SSSR count). The number of amides is 2. The molecule has 0 bridgehead atoms. The Labute approximate surface area is 159 Å². The molecule has 8 heteroatoms. The zero-order chi connectivity index (χ0) is 19.8. The van der Waals surface area contributed by atoms with Gasteiger partial charge in [-0.1, -0.05) is 0 Å². The van der Waals surface area contributed by atoms with Gasteiger partial charge in [0.1, 0.15) is 18.1 Å². The number of nitrogens with one attached hydrogen (secondary N) is 2. The summed E-state index contributed by atoms with van der Waals surface area (Å²) in [7, 11) is 3.51. The molecule has 1 unspecified atom stereocenters. The van der Waals surface area contributed by atoms with Crippen LogP contribution in [0.2, 0.25) is 0 Å². The number of urea groups is 1. The molecule has 1 aromatic carbocycles. The van der Waals surface area contributed by atoms with Crippen molar-refractivity contribution in [2.24, 2.45) is 0 Å². The predicted octanol–water partition coefficient (Wildman–Crippen LogP) is 1.52. The molecular formula is C19H27N3O5. The van der Waals surface area contributed by atoms with Gasteiger partial charge < -0.3 is 24.8 Å². The van der Waals surface area contributed by atoms with E-state index in [1.165, 1.54) is 0 Å². The molecule has 1 atom stereocenters. The summed E-state index contributed by atoms with van der Waals surface area (Å²) in [6.07, 6.45) is 0. The maximum Gasteiger partial charge on any atom is 0.337 e. The van der Waals surface area contributed by atoms with Crippen molar-refractivity contribution < 1.29 is 23.8 Å². The number of rotatable bonds is 9. The molecule has 0 aromatic heterocycles. The fourth-order valence-electron chi connectivity index (χ4n) is 2.74. The van der Waals surface area contributed by atoms with Crippen molar-refractivity contribution in [2.45, 2.75) is 19.9 Å². The molecule has 1 aliphatic heterocycles. The Kier molecular flexibility index (Phi) is 7.48. The van der Waals surface area contributed by atoms with Crippen LogP contribution < -0.4 is 20.1 Å². The van der Waals surface area contributed by atoms with Crippen LogP contribution in [0.1, 0.15) is 13.8 Å². The first-order valence-corrected chi connectivity index (χ1v) is 8.87. The van der Waals surface area contributed by atoms with E-state index >= 15 is 0 Å². The number of hydrogen-bond donors (Lipinski definition) is 2. The maximum atomic E-state index is 12.2. The molecule has 2 N–H and O–H groups in total. The van der Waals surface area contributed by atoms with Crippen molar-refractivity contribution in [3.63, 3.8) is 0 Å². The molecule has 0 saturated carbocycles. The van der Waals surface area contributed by atoms with E-state index in [9.17, 15) is 9.59 Å². The molecule has 1 heterocycles. The van der Waals surface area contributed by atoms with E-state index in [4.69, 9.17) is 14.2 Å². The predicted molar refractivity (Wildman–Crippen MR) is 101 cm³/mol. The van der Waals surface area contributed by atoms with Crippen LogP contribution in [0, 0.1) is 0 Å². The first kappa shape index (κ1) is 20.6. The summed E-state index contributed by atoms with van der Waals surface area (Å²) in [6.45, 7) is 5.27. The number of likely N-dealkylation sites (N-methyl/N-ethyl adjacent to an activating group) is 1. The normalized spacial score (nSPS) is 16.6. The third-order valence-corrected chi connectivity index (χ3v) is 4.09. The molecule has 1 aromatic rings. The van der Waals surface area contributed by atoms with Crippen molar-refractivity contribution in [3.8, 4) is 11.5 Å². The van der Waals surface area contributed by atoms with Crippen LogP contribution in [0.15, 0.2) is 35.5 Å². The lowest BCUT2D eigenvalue weighted by molar-refractivity contribution is -0.139. The molecule has 8 nitrogen and oxygen atoms in total. The fourth-order valence-corrected chi connectivity index (χ4v) is 2.74. The zero-order valence-corrected chi connectivity index (χ0v) is 16.2. The van der Waals surface area contributed by atoms with E-state index in [-0.39, 0.29) is 12.6 Å². The van der Waals surface area contributed by atoms with Gasteiger partial charge in [-0.3, -0.25) is 4.90 Å². The van der Waals surface area contributed by atoms with Gasteiger partial charge in [0, 0.05) is 18.8 Å². The van der Waals surface area contributed by atoms with Crippen LogP contribution >= 0.6 is 0 Å². The molecule has 2 amide bonds. The molecular weight excluding hydrogens is 350 g/mol. The highest BCUT2D eigenvalue weighted by Crippen LogP contribution is 2.17. The van der Waals surface area contributed by atoms with Gasteiger partial charge in [0.15, 0.2) is 0 Å². The molecule has 0 aliphatic carbocycles. The summed E-state index contributed by atoms with van der Waals surface area (Å²) >= 11 is 0. The highest BCUT2D eigenvalue weighted by molar-refractivity contribution is 5.94. The van der Waals surface area contributed by atoms with Gasteiger partial charge >= 0.3 is 12.0 Å². The monoisotopic (exact) mass is 377 g/mol. The number of nitrogens with zero attached hydrogens (tertiary/aromatic N) is 1. The van der Waals surface area contributed by atoms with E-state index in [2.05, 4.69) is 10.6 Å². The highest BCUT2D eigenvalue weighted by Gasteiger charge is 2.29. The smallest absolute Gasteiger partial charge is 0.337 e. The minimum absolute atomic E-state index is 0.280. The van der Waals surface area contributed by atoms with Crippen molar-refractivity contribution in [2.75, 3.05) is 40.5 Å². The van der Waals surface area contributed by atoms with E-state index in [0.717, 1.165) is 11.5 Å². The number of ether oxygens (including phenoxy) is 3. The van der Waals surface area contributed by atoms with E-state index in [1.54, 1.807) is 21.0 Å². The lowest BCUT2D eigenvalue weighted by atomic mass is 10.0. The Hall–Kier alpha value is -2.74. The summed E-state index contributed by atoms with van der Waals surface area (Å²) in [5, 5.41) is 5.40. The van der Waals surface area contributed by atoms with Crippen LogP contribution in [0.4, 0.5) is 4.79 Å². The number of esters is 1. The Bertz CT molecular complexity index is 687. The second-order valence-corrected chi connectivity index (χ2v) is 6.19. The van der Waals surface area contributed by atoms with Crippen molar-refractivity contribution in [1.82, 2.24) is 15.5 Å². The zero-order valence-electron chi connectivity index (χ0n) is 16.2. The van der Waals surface area contributed by atoms with E-state index in [0.29, 0.717) is 31.0 Å². The van der Waals surface area contributed by atoms with Crippen molar-refractivity contribution >= 4 is 12.0 Å². The van der Waals surface area contributed by atoms with Crippen LogP contribution in [0.3, 0.4) is 0 Å². The first-order chi connectivity index (χ1) is 12.9. The number of carbonyl (C=O) groups excluding carboxylic acids is 2. The van der Waals surface area contributed by atoms with Gasteiger partial charge in [-0.25, -0.2) is 9.59 Å². The lowest BCUT2D eigenvalue weighted by Gasteiger charge is -2.29. The molecule has 148 valence electrons. The van der Waals surface area contributed by atoms with Crippen molar-refractivity contribution in [3.05, 3.63) is 35.5 Å². The van der Waals surface area contributed by atoms with Gasteiger partial charge in [-0.2, -0.15) is 0 Å².